The Hall–Kier alpha value is -6.00. The molecule has 0 aliphatic heterocycles. The maximum absolute atomic E-state index is 2.46. The van der Waals surface area contributed by atoms with E-state index in [1.54, 1.807) is 0 Å². The molecule has 3 heteroatoms. The number of fused-ring (bicyclic) bond motifs is 6. The molecule has 0 aliphatic rings. The van der Waals surface area contributed by atoms with Gasteiger partial charge in [-0.25, -0.2) is 0 Å². The molecule has 51 heavy (non-hydrogen) atoms. The topological polar surface area (TPSA) is 3.24 Å². The number of anilines is 3. The highest BCUT2D eigenvalue weighted by Gasteiger charge is 2.23. The summed E-state index contributed by atoms with van der Waals surface area (Å²) in [5, 5.41) is 5.22. The van der Waals surface area contributed by atoms with Crippen LogP contribution in [-0.2, 0) is 0 Å². The monoisotopic (exact) mass is 685 g/mol. The third-order valence-corrected chi connectivity index (χ3v) is 12.2. The van der Waals surface area contributed by atoms with Crippen LogP contribution in [0.25, 0.3) is 73.7 Å². The van der Waals surface area contributed by atoms with Gasteiger partial charge in [0.1, 0.15) is 0 Å². The second-order valence-corrected chi connectivity index (χ2v) is 15.0. The van der Waals surface area contributed by atoms with E-state index in [-0.39, 0.29) is 0 Å². The molecule has 0 bridgehead atoms. The summed E-state index contributed by atoms with van der Waals surface area (Å²) >= 11 is 3.78. The number of hydrogen-bond acceptors (Lipinski definition) is 3. The molecular formula is C48H31NS2. The second kappa shape index (κ2) is 12.4. The molecule has 0 fully saturated rings. The fraction of sp³-hybridized carbons (Fsp3) is 0. The fourth-order valence-corrected chi connectivity index (χ4v) is 9.93. The molecule has 0 saturated heterocycles. The van der Waals surface area contributed by atoms with Crippen molar-refractivity contribution in [3.8, 4) is 33.4 Å². The average molecular weight is 686 g/mol. The van der Waals surface area contributed by atoms with Gasteiger partial charge in [0.25, 0.3) is 0 Å². The first-order valence-electron chi connectivity index (χ1n) is 17.3. The number of rotatable bonds is 6. The molecule has 1 nitrogen and oxygen atoms in total. The standard InChI is InChI=1S/C48H31NS2/c1-3-14-32(15-4-1)34-18-11-20-36(30-34)49(37-21-12-19-35(31-37)33-16-5-2-6-17-33)42-29-28-39(48-47(42)41-23-8-10-26-44(41)51-48)38-24-13-27-45-46(38)40-22-7-9-25-43(40)50-45/h1-31H. The molecule has 0 N–H and O–H groups in total. The van der Waals surface area contributed by atoms with Gasteiger partial charge in [0, 0.05) is 57.3 Å². The van der Waals surface area contributed by atoms with Crippen molar-refractivity contribution in [1.29, 1.82) is 0 Å². The summed E-state index contributed by atoms with van der Waals surface area (Å²) < 4.78 is 5.25. The lowest BCUT2D eigenvalue weighted by Crippen LogP contribution is -2.10. The summed E-state index contributed by atoms with van der Waals surface area (Å²) in [6.45, 7) is 0. The van der Waals surface area contributed by atoms with Crippen molar-refractivity contribution in [1.82, 2.24) is 0 Å². The van der Waals surface area contributed by atoms with E-state index >= 15 is 0 Å². The van der Waals surface area contributed by atoms with Crippen molar-refractivity contribution in [2.75, 3.05) is 4.90 Å². The molecule has 10 aromatic rings. The zero-order chi connectivity index (χ0) is 33.7. The molecule has 0 unspecified atom stereocenters. The third-order valence-electron chi connectivity index (χ3n) is 9.86. The molecule has 2 aromatic heterocycles. The van der Waals surface area contributed by atoms with Crippen LogP contribution in [0.4, 0.5) is 17.1 Å². The lowest BCUT2D eigenvalue weighted by Gasteiger charge is -2.28. The van der Waals surface area contributed by atoms with Gasteiger partial charge in [0.05, 0.1) is 5.69 Å². The quantitative estimate of drug-likeness (QED) is 0.168. The first-order valence-corrected chi connectivity index (χ1v) is 18.9. The van der Waals surface area contributed by atoms with Gasteiger partial charge >= 0.3 is 0 Å². The minimum Gasteiger partial charge on any atom is -0.310 e. The molecule has 0 spiro atoms. The predicted molar refractivity (Wildman–Crippen MR) is 223 cm³/mol. The van der Waals surface area contributed by atoms with E-state index in [0.29, 0.717) is 0 Å². The van der Waals surface area contributed by atoms with E-state index in [1.165, 1.54) is 79.4 Å². The number of benzene rings is 8. The van der Waals surface area contributed by atoms with Gasteiger partial charge < -0.3 is 4.90 Å². The molecule has 0 aliphatic carbocycles. The molecular weight excluding hydrogens is 655 g/mol. The van der Waals surface area contributed by atoms with Crippen LogP contribution in [0.5, 0.6) is 0 Å². The Kier molecular flexibility index (Phi) is 7.26. The van der Waals surface area contributed by atoms with Crippen LogP contribution in [0.1, 0.15) is 0 Å². The first-order chi connectivity index (χ1) is 25.3. The zero-order valence-corrected chi connectivity index (χ0v) is 29.3. The van der Waals surface area contributed by atoms with E-state index in [4.69, 9.17) is 0 Å². The van der Waals surface area contributed by atoms with Gasteiger partial charge in [0.2, 0.25) is 0 Å². The van der Waals surface area contributed by atoms with Crippen molar-refractivity contribution in [3.63, 3.8) is 0 Å². The van der Waals surface area contributed by atoms with Gasteiger partial charge in [-0.15, -0.1) is 22.7 Å². The lowest BCUT2D eigenvalue weighted by molar-refractivity contribution is 1.30. The molecule has 240 valence electrons. The van der Waals surface area contributed by atoms with Crippen molar-refractivity contribution in [2.45, 2.75) is 0 Å². The molecule has 0 saturated carbocycles. The van der Waals surface area contributed by atoms with Crippen LogP contribution in [0.2, 0.25) is 0 Å². The normalized spacial score (nSPS) is 11.5. The maximum Gasteiger partial charge on any atom is 0.0555 e. The molecule has 0 amide bonds. The average Bonchev–Trinajstić information content (AvgIpc) is 3.79. The minimum atomic E-state index is 1.12. The number of thiophene rings is 2. The molecule has 0 atom stereocenters. The Morgan fingerprint density at radius 3 is 1.49 bits per heavy atom. The second-order valence-electron chi connectivity index (χ2n) is 12.9. The largest absolute Gasteiger partial charge is 0.310 e. The van der Waals surface area contributed by atoms with E-state index in [9.17, 15) is 0 Å². The van der Waals surface area contributed by atoms with E-state index < -0.39 is 0 Å². The van der Waals surface area contributed by atoms with Crippen LogP contribution in [0.15, 0.2) is 188 Å². The Morgan fingerprint density at radius 2 is 0.843 bits per heavy atom. The summed E-state index contributed by atoms with van der Waals surface area (Å²) in [6.07, 6.45) is 0. The number of hydrogen-bond donors (Lipinski definition) is 0. The van der Waals surface area contributed by atoms with Crippen molar-refractivity contribution < 1.29 is 0 Å². The lowest BCUT2D eigenvalue weighted by atomic mass is 9.96. The molecule has 2 heterocycles. The van der Waals surface area contributed by atoms with Gasteiger partial charge in [-0.2, -0.15) is 0 Å². The highest BCUT2D eigenvalue weighted by Crippen LogP contribution is 2.50. The summed E-state index contributed by atoms with van der Waals surface area (Å²) in [6, 6.07) is 68.5. The highest BCUT2D eigenvalue weighted by atomic mass is 32.1. The molecule has 0 radical (unpaired) electrons. The van der Waals surface area contributed by atoms with Gasteiger partial charge in [-0.1, -0.05) is 140 Å². The predicted octanol–water partition coefficient (Wildman–Crippen LogP) is 14.9. The Balaban J connectivity index is 1.26. The smallest absolute Gasteiger partial charge is 0.0555 e. The van der Waals surface area contributed by atoms with Crippen LogP contribution >= 0.6 is 22.7 Å². The fourth-order valence-electron chi connectivity index (χ4n) is 7.55. The SMILES string of the molecule is c1ccc(-c2cccc(N(c3cccc(-c4ccccc4)c3)c3ccc(-c4cccc5sc6ccccc6c45)c4sc5ccccc5c34)c2)cc1. The Morgan fingerprint density at radius 1 is 0.333 bits per heavy atom. The third kappa shape index (κ3) is 5.13. The highest BCUT2D eigenvalue weighted by molar-refractivity contribution is 7.27. The first kappa shape index (κ1) is 29.9. The summed E-state index contributed by atoms with van der Waals surface area (Å²) in [4.78, 5) is 2.46. The van der Waals surface area contributed by atoms with Crippen molar-refractivity contribution >= 4 is 80.1 Å². The van der Waals surface area contributed by atoms with Crippen molar-refractivity contribution in [3.05, 3.63) is 188 Å². The maximum atomic E-state index is 2.46. The van der Waals surface area contributed by atoms with E-state index in [1.807, 2.05) is 22.7 Å². The van der Waals surface area contributed by atoms with Crippen LogP contribution in [0.3, 0.4) is 0 Å². The van der Waals surface area contributed by atoms with Crippen LogP contribution < -0.4 is 4.90 Å². The molecule has 8 aromatic carbocycles. The zero-order valence-electron chi connectivity index (χ0n) is 27.7. The van der Waals surface area contributed by atoms with Crippen molar-refractivity contribution in [2.24, 2.45) is 0 Å². The van der Waals surface area contributed by atoms with Crippen LogP contribution in [-0.4, -0.2) is 0 Å². The summed E-state index contributed by atoms with van der Waals surface area (Å²) in [7, 11) is 0. The van der Waals surface area contributed by atoms with Crippen LogP contribution in [0, 0.1) is 0 Å². The van der Waals surface area contributed by atoms with Gasteiger partial charge in [-0.05, 0) is 76.3 Å². The van der Waals surface area contributed by atoms with Gasteiger partial charge in [-0.3, -0.25) is 0 Å². The molecule has 10 rings (SSSR count). The minimum absolute atomic E-state index is 1.12. The Labute approximate surface area is 304 Å². The van der Waals surface area contributed by atoms with E-state index in [0.717, 1.165) is 11.4 Å². The summed E-state index contributed by atoms with van der Waals surface area (Å²) in [5.74, 6) is 0. The Bertz CT molecular complexity index is 2780. The van der Waals surface area contributed by atoms with E-state index in [2.05, 4.69) is 193 Å². The number of nitrogens with zero attached hydrogens (tertiary/aromatic N) is 1. The van der Waals surface area contributed by atoms with Gasteiger partial charge in [0.15, 0.2) is 0 Å². The summed E-state index contributed by atoms with van der Waals surface area (Å²) in [5.41, 5.74) is 10.8.